The van der Waals surface area contributed by atoms with Gasteiger partial charge in [0, 0.05) is 6.54 Å². The van der Waals surface area contributed by atoms with Crippen LogP contribution < -0.4 is 6.15 Å². The molecule has 0 unspecified atom stereocenters. The molecule has 0 aliphatic rings. The zero-order valence-corrected chi connectivity index (χ0v) is 17.0. The molecule has 3 N–H and O–H groups in total. The predicted molar refractivity (Wildman–Crippen MR) is 112 cm³/mol. The Labute approximate surface area is 157 Å². The summed E-state index contributed by atoms with van der Waals surface area (Å²) < 4.78 is 0. The summed E-state index contributed by atoms with van der Waals surface area (Å²) in [7, 11) is 2.26. The van der Waals surface area contributed by atoms with Gasteiger partial charge in [-0.1, -0.05) is 95.0 Å². The minimum absolute atomic E-state index is 0. The van der Waals surface area contributed by atoms with Gasteiger partial charge in [0.1, 0.15) is 0 Å². The number of likely N-dealkylation sites (N-methyl/N-ethyl adjacent to an activating group) is 1. The van der Waals surface area contributed by atoms with Crippen LogP contribution in [0.3, 0.4) is 0 Å². The van der Waals surface area contributed by atoms with Crippen molar-refractivity contribution in [2.24, 2.45) is 0 Å². The van der Waals surface area contributed by atoms with Gasteiger partial charge in [-0.25, -0.2) is 0 Å². The van der Waals surface area contributed by atoms with E-state index in [1.54, 1.807) is 0 Å². The van der Waals surface area contributed by atoms with E-state index in [-0.39, 0.29) is 18.6 Å². The lowest BCUT2D eigenvalue weighted by atomic mass is 10.1. The van der Waals surface area contributed by atoms with Gasteiger partial charge in [0.05, 0.1) is 0 Å². The summed E-state index contributed by atoms with van der Waals surface area (Å²) in [4.78, 5) is 2.48. The van der Waals surface area contributed by atoms with E-state index in [0.29, 0.717) is 0 Å². The first-order valence-corrected chi connectivity index (χ1v) is 9.55. The molecule has 0 spiro atoms. The lowest BCUT2D eigenvalue weighted by molar-refractivity contribution is 0.327. The molecule has 1 aromatic carbocycles. The number of hydrogen-bond donors (Lipinski definition) is 1. The molecular formula is C21H41ClN2. The fourth-order valence-electron chi connectivity index (χ4n) is 2.95. The lowest BCUT2D eigenvalue weighted by Crippen LogP contribution is -2.22. The summed E-state index contributed by atoms with van der Waals surface area (Å²) in [6.07, 6.45) is 15.4. The second-order valence-electron chi connectivity index (χ2n) is 6.72. The van der Waals surface area contributed by atoms with Gasteiger partial charge < -0.3 is 11.1 Å². The van der Waals surface area contributed by atoms with Crippen molar-refractivity contribution in [3.63, 3.8) is 0 Å². The molecule has 0 heterocycles. The molecule has 0 amide bonds. The number of halogens is 1. The number of hydrogen-bond acceptors (Lipinski definition) is 2. The van der Waals surface area contributed by atoms with Crippen molar-refractivity contribution in [3.05, 3.63) is 35.9 Å². The molecule has 0 bridgehead atoms. The minimum Gasteiger partial charge on any atom is -0.344 e. The molecule has 0 aromatic heterocycles. The maximum atomic E-state index is 2.48. The monoisotopic (exact) mass is 356 g/mol. The van der Waals surface area contributed by atoms with Crippen LogP contribution in [0.15, 0.2) is 30.3 Å². The maximum absolute atomic E-state index is 2.48. The largest absolute Gasteiger partial charge is 0.344 e. The second-order valence-corrected chi connectivity index (χ2v) is 6.72. The number of rotatable bonds is 14. The van der Waals surface area contributed by atoms with E-state index in [2.05, 4.69) is 49.2 Å². The molecule has 0 fully saturated rings. The molecule has 0 aliphatic carbocycles. The van der Waals surface area contributed by atoms with Crippen LogP contribution in [0, 0.1) is 0 Å². The van der Waals surface area contributed by atoms with Crippen LogP contribution in [-0.2, 0) is 6.42 Å². The lowest BCUT2D eigenvalue weighted by Gasteiger charge is -2.16. The van der Waals surface area contributed by atoms with Gasteiger partial charge in [0.15, 0.2) is 0 Å². The van der Waals surface area contributed by atoms with E-state index < -0.39 is 0 Å². The Morgan fingerprint density at radius 1 is 0.708 bits per heavy atom. The molecule has 0 aliphatic heterocycles. The summed E-state index contributed by atoms with van der Waals surface area (Å²) in [5.41, 5.74) is 1.46. The molecule has 2 nitrogen and oxygen atoms in total. The molecule has 3 heteroatoms. The van der Waals surface area contributed by atoms with Crippen molar-refractivity contribution in [1.82, 2.24) is 11.1 Å². The van der Waals surface area contributed by atoms with Gasteiger partial charge in [-0.2, -0.15) is 0 Å². The predicted octanol–water partition coefficient (Wildman–Crippen LogP) is 6.67. The molecule has 142 valence electrons. The molecule has 1 aromatic rings. The fraction of sp³-hybridized carbons (Fsp3) is 0.714. The fourth-order valence-corrected chi connectivity index (χ4v) is 2.95. The van der Waals surface area contributed by atoms with Crippen LogP contribution in [0.1, 0.15) is 76.7 Å². The molecule has 0 saturated carbocycles. The van der Waals surface area contributed by atoms with E-state index in [9.17, 15) is 0 Å². The Morgan fingerprint density at radius 3 is 1.75 bits per heavy atom. The van der Waals surface area contributed by atoms with E-state index in [4.69, 9.17) is 0 Å². The molecule has 24 heavy (non-hydrogen) atoms. The number of unbranched alkanes of at least 4 members (excludes halogenated alkanes) is 9. The van der Waals surface area contributed by atoms with Crippen molar-refractivity contribution < 1.29 is 0 Å². The first kappa shape index (κ1) is 25.7. The maximum Gasteiger partial charge on any atom is 0.00188 e. The van der Waals surface area contributed by atoms with Crippen molar-refractivity contribution >= 4 is 12.4 Å². The Balaban J connectivity index is 0. The first-order chi connectivity index (χ1) is 10.8. The summed E-state index contributed by atoms with van der Waals surface area (Å²) in [5, 5.41) is 0. The Kier molecular flexibility index (Phi) is 20.1. The van der Waals surface area contributed by atoms with Gasteiger partial charge >= 0.3 is 0 Å². The van der Waals surface area contributed by atoms with Crippen LogP contribution in [0.2, 0.25) is 0 Å². The summed E-state index contributed by atoms with van der Waals surface area (Å²) in [6.45, 7) is 4.72. The Bertz CT molecular complexity index is 343. The highest BCUT2D eigenvalue weighted by molar-refractivity contribution is 5.85. The topological polar surface area (TPSA) is 38.2 Å². The van der Waals surface area contributed by atoms with Crippen LogP contribution >= 0.6 is 12.4 Å². The van der Waals surface area contributed by atoms with E-state index in [1.807, 2.05) is 0 Å². The van der Waals surface area contributed by atoms with Crippen molar-refractivity contribution in [2.45, 2.75) is 77.6 Å². The zero-order valence-electron chi connectivity index (χ0n) is 16.1. The Morgan fingerprint density at radius 2 is 1.21 bits per heavy atom. The number of nitrogens with zero attached hydrogens (tertiary/aromatic N) is 1. The molecule has 0 saturated heterocycles. The van der Waals surface area contributed by atoms with Crippen LogP contribution in [0.5, 0.6) is 0 Å². The smallest absolute Gasteiger partial charge is 0.00188 e. The van der Waals surface area contributed by atoms with E-state index in [1.165, 1.54) is 89.3 Å². The van der Waals surface area contributed by atoms with Gasteiger partial charge in [-0.05, 0) is 32.0 Å². The summed E-state index contributed by atoms with van der Waals surface area (Å²) in [6, 6.07) is 10.8. The second kappa shape index (κ2) is 18.8. The molecule has 1 rings (SSSR count). The summed E-state index contributed by atoms with van der Waals surface area (Å²) >= 11 is 0. The normalized spacial score (nSPS) is 10.3. The van der Waals surface area contributed by atoms with Crippen LogP contribution in [0.25, 0.3) is 0 Å². The van der Waals surface area contributed by atoms with Gasteiger partial charge in [0.2, 0.25) is 0 Å². The number of benzene rings is 1. The molecule has 0 atom stereocenters. The average Bonchev–Trinajstić information content (AvgIpc) is 2.55. The highest BCUT2D eigenvalue weighted by atomic mass is 35.5. The summed E-state index contributed by atoms with van der Waals surface area (Å²) in [5.74, 6) is 0. The standard InChI is InChI=1S/C21H37N.ClH.H3N/c1-3-4-5-6-7-8-9-10-11-15-19-22(2)20-18-21-16-13-12-14-17-21;;/h12-14,16-17H,3-11,15,18-20H2,1-2H3;1H;1H3. The van der Waals surface area contributed by atoms with Crippen molar-refractivity contribution in [1.29, 1.82) is 0 Å². The van der Waals surface area contributed by atoms with Crippen molar-refractivity contribution in [2.75, 3.05) is 20.1 Å². The third-order valence-corrected chi connectivity index (χ3v) is 4.52. The van der Waals surface area contributed by atoms with Crippen molar-refractivity contribution in [3.8, 4) is 0 Å². The van der Waals surface area contributed by atoms with Crippen LogP contribution in [-0.4, -0.2) is 25.0 Å². The van der Waals surface area contributed by atoms with Crippen LogP contribution in [0.4, 0.5) is 0 Å². The first-order valence-electron chi connectivity index (χ1n) is 9.55. The van der Waals surface area contributed by atoms with Gasteiger partial charge in [-0.3, -0.25) is 0 Å². The third kappa shape index (κ3) is 15.0. The van der Waals surface area contributed by atoms with E-state index >= 15 is 0 Å². The quantitative estimate of drug-likeness (QED) is 0.378. The van der Waals surface area contributed by atoms with Gasteiger partial charge in [0.25, 0.3) is 0 Å². The zero-order chi connectivity index (χ0) is 15.9. The van der Waals surface area contributed by atoms with Gasteiger partial charge in [-0.15, -0.1) is 12.4 Å². The SMILES string of the molecule is CCCCCCCCCCCCN(C)CCc1ccccc1.Cl.N. The average molecular weight is 357 g/mol. The molecule has 0 radical (unpaired) electrons. The Hall–Kier alpha value is -0.570. The highest BCUT2D eigenvalue weighted by Gasteiger charge is 1.99. The highest BCUT2D eigenvalue weighted by Crippen LogP contribution is 2.10. The minimum atomic E-state index is 0. The third-order valence-electron chi connectivity index (χ3n) is 4.52. The molecular weight excluding hydrogens is 316 g/mol. The van der Waals surface area contributed by atoms with E-state index in [0.717, 1.165) is 0 Å².